The molecule has 3 heteroatoms. The van der Waals surface area contributed by atoms with Crippen molar-refractivity contribution in [3.05, 3.63) is 57.5 Å². The second-order valence-corrected chi connectivity index (χ2v) is 6.29. The van der Waals surface area contributed by atoms with Crippen LogP contribution in [0.3, 0.4) is 0 Å². The molecular weight excluding hydrogens is 266 g/mol. The first kappa shape index (κ1) is 13.4. The molecule has 0 amide bonds. The van der Waals surface area contributed by atoms with E-state index >= 15 is 0 Å². The molecule has 0 spiro atoms. The Labute approximate surface area is 123 Å². The monoisotopic (exact) mass is 285 g/mol. The third kappa shape index (κ3) is 2.51. The summed E-state index contributed by atoms with van der Waals surface area (Å²) in [7, 11) is 0. The molecule has 0 aliphatic carbocycles. The fourth-order valence-corrected chi connectivity index (χ4v) is 3.26. The summed E-state index contributed by atoms with van der Waals surface area (Å²) in [5, 5.41) is 6.90. The SMILES string of the molecule is CCNC(c1csc(C)c1)c1cc2cc(C)ccc2o1. The quantitative estimate of drug-likeness (QED) is 0.744. The van der Waals surface area contributed by atoms with Gasteiger partial charge in [0.25, 0.3) is 0 Å². The first-order valence-electron chi connectivity index (χ1n) is 6.96. The molecule has 0 saturated carbocycles. The molecule has 0 fully saturated rings. The summed E-state index contributed by atoms with van der Waals surface area (Å²) in [6.07, 6.45) is 0. The van der Waals surface area contributed by atoms with Gasteiger partial charge in [-0.3, -0.25) is 0 Å². The summed E-state index contributed by atoms with van der Waals surface area (Å²) in [6.45, 7) is 7.28. The molecule has 3 aromatic rings. The van der Waals surface area contributed by atoms with Gasteiger partial charge in [-0.2, -0.15) is 0 Å². The van der Waals surface area contributed by atoms with Crippen molar-refractivity contribution in [1.82, 2.24) is 5.32 Å². The Balaban J connectivity index is 2.04. The minimum atomic E-state index is 0.137. The molecule has 0 bridgehead atoms. The molecule has 1 atom stereocenters. The third-order valence-corrected chi connectivity index (χ3v) is 4.35. The molecule has 104 valence electrons. The third-order valence-electron chi connectivity index (χ3n) is 3.47. The van der Waals surface area contributed by atoms with Gasteiger partial charge in [-0.25, -0.2) is 0 Å². The van der Waals surface area contributed by atoms with Gasteiger partial charge in [0.2, 0.25) is 0 Å². The van der Waals surface area contributed by atoms with Crippen molar-refractivity contribution in [2.75, 3.05) is 6.54 Å². The van der Waals surface area contributed by atoms with Gasteiger partial charge in [-0.05, 0) is 55.6 Å². The van der Waals surface area contributed by atoms with Crippen molar-refractivity contribution in [3.8, 4) is 0 Å². The van der Waals surface area contributed by atoms with Gasteiger partial charge in [-0.15, -0.1) is 11.3 Å². The van der Waals surface area contributed by atoms with Crippen LogP contribution < -0.4 is 5.32 Å². The van der Waals surface area contributed by atoms with Crippen molar-refractivity contribution >= 4 is 22.3 Å². The van der Waals surface area contributed by atoms with E-state index in [1.807, 2.05) is 0 Å². The molecule has 3 rings (SSSR count). The first-order chi connectivity index (χ1) is 9.67. The first-order valence-corrected chi connectivity index (χ1v) is 7.84. The Morgan fingerprint density at radius 2 is 2.05 bits per heavy atom. The number of thiophene rings is 1. The minimum Gasteiger partial charge on any atom is -0.459 e. The summed E-state index contributed by atoms with van der Waals surface area (Å²) in [5.41, 5.74) is 3.50. The van der Waals surface area contributed by atoms with Crippen LogP contribution in [0.2, 0.25) is 0 Å². The van der Waals surface area contributed by atoms with E-state index in [-0.39, 0.29) is 6.04 Å². The zero-order valence-corrected chi connectivity index (χ0v) is 12.9. The molecule has 2 aromatic heterocycles. The standard InChI is InChI=1S/C17H19NOS/c1-4-18-17(14-8-12(3)20-10-14)16-9-13-7-11(2)5-6-15(13)19-16/h5-10,17-18H,4H2,1-3H3. The maximum atomic E-state index is 6.04. The zero-order valence-electron chi connectivity index (χ0n) is 12.1. The number of hydrogen-bond donors (Lipinski definition) is 1. The van der Waals surface area contributed by atoms with E-state index in [0.29, 0.717) is 0 Å². The van der Waals surface area contributed by atoms with Gasteiger partial charge in [0.1, 0.15) is 11.3 Å². The summed E-state index contributed by atoms with van der Waals surface area (Å²) >= 11 is 1.78. The lowest BCUT2D eigenvalue weighted by Gasteiger charge is -2.13. The number of benzene rings is 1. The summed E-state index contributed by atoms with van der Waals surface area (Å²) in [4.78, 5) is 1.33. The van der Waals surface area contributed by atoms with Gasteiger partial charge in [0, 0.05) is 10.3 Å². The molecule has 0 aliphatic heterocycles. The number of hydrogen-bond acceptors (Lipinski definition) is 3. The van der Waals surface area contributed by atoms with Gasteiger partial charge in [0.05, 0.1) is 6.04 Å². The highest BCUT2D eigenvalue weighted by Gasteiger charge is 2.18. The van der Waals surface area contributed by atoms with Gasteiger partial charge >= 0.3 is 0 Å². The average Bonchev–Trinajstić information content (AvgIpc) is 3.01. The van der Waals surface area contributed by atoms with E-state index in [1.165, 1.54) is 21.4 Å². The van der Waals surface area contributed by atoms with Crippen LogP contribution in [0.4, 0.5) is 0 Å². The highest BCUT2D eigenvalue weighted by Crippen LogP contribution is 2.30. The normalized spacial score (nSPS) is 12.9. The average molecular weight is 285 g/mol. The molecular formula is C17H19NOS. The van der Waals surface area contributed by atoms with E-state index in [0.717, 1.165) is 17.9 Å². The van der Waals surface area contributed by atoms with Crippen LogP contribution in [0, 0.1) is 13.8 Å². The van der Waals surface area contributed by atoms with E-state index in [1.54, 1.807) is 11.3 Å². The smallest absolute Gasteiger partial charge is 0.134 e. The Bertz CT molecular complexity index is 726. The van der Waals surface area contributed by atoms with Crippen LogP contribution in [-0.2, 0) is 0 Å². The molecule has 0 saturated heterocycles. The van der Waals surface area contributed by atoms with Crippen molar-refractivity contribution in [2.24, 2.45) is 0 Å². The fourth-order valence-electron chi connectivity index (χ4n) is 2.53. The molecule has 20 heavy (non-hydrogen) atoms. The Kier molecular flexibility index (Phi) is 3.64. The van der Waals surface area contributed by atoms with E-state index < -0.39 is 0 Å². The predicted octanol–water partition coefficient (Wildman–Crippen LogP) is 4.81. The Morgan fingerprint density at radius 3 is 2.75 bits per heavy atom. The lowest BCUT2D eigenvalue weighted by Crippen LogP contribution is -2.20. The Morgan fingerprint density at radius 1 is 1.20 bits per heavy atom. The number of rotatable bonds is 4. The van der Waals surface area contributed by atoms with Crippen LogP contribution in [0.1, 0.15) is 34.7 Å². The molecule has 2 heterocycles. The highest BCUT2D eigenvalue weighted by molar-refractivity contribution is 7.10. The van der Waals surface area contributed by atoms with Crippen LogP contribution in [0.5, 0.6) is 0 Å². The van der Waals surface area contributed by atoms with Gasteiger partial charge in [-0.1, -0.05) is 18.6 Å². The molecule has 1 N–H and O–H groups in total. The molecule has 1 unspecified atom stereocenters. The largest absolute Gasteiger partial charge is 0.459 e. The topological polar surface area (TPSA) is 25.2 Å². The molecule has 1 aromatic carbocycles. The van der Waals surface area contributed by atoms with Crippen LogP contribution >= 0.6 is 11.3 Å². The van der Waals surface area contributed by atoms with Crippen LogP contribution in [-0.4, -0.2) is 6.54 Å². The van der Waals surface area contributed by atoms with Crippen molar-refractivity contribution in [3.63, 3.8) is 0 Å². The molecule has 2 nitrogen and oxygen atoms in total. The Hall–Kier alpha value is -1.58. The second-order valence-electron chi connectivity index (χ2n) is 5.17. The van der Waals surface area contributed by atoms with E-state index in [2.05, 4.69) is 61.8 Å². The van der Waals surface area contributed by atoms with Crippen molar-refractivity contribution in [1.29, 1.82) is 0 Å². The van der Waals surface area contributed by atoms with Gasteiger partial charge in [0.15, 0.2) is 0 Å². The summed E-state index contributed by atoms with van der Waals surface area (Å²) < 4.78 is 6.04. The number of fused-ring (bicyclic) bond motifs is 1. The molecule has 0 radical (unpaired) electrons. The van der Waals surface area contributed by atoms with Crippen LogP contribution in [0.25, 0.3) is 11.0 Å². The van der Waals surface area contributed by atoms with Gasteiger partial charge < -0.3 is 9.73 Å². The van der Waals surface area contributed by atoms with Crippen LogP contribution in [0.15, 0.2) is 40.1 Å². The maximum Gasteiger partial charge on any atom is 0.134 e. The fraction of sp³-hybridized carbons (Fsp3) is 0.294. The summed E-state index contributed by atoms with van der Waals surface area (Å²) in [5.74, 6) is 0.991. The van der Waals surface area contributed by atoms with Crippen molar-refractivity contribution < 1.29 is 4.42 Å². The van der Waals surface area contributed by atoms with Crippen molar-refractivity contribution in [2.45, 2.75) is 26.8 Å². The highest BCUT2D eigenvalue weighted by atomic mass is 32.1. The van der Waals surface area contributed by atoms with E-state index in [9.17, 15) is 0 Å². The predicted molar refractivity (Wildman–Crippen MR) is 85.5 cm³/mol. The number of nitrogens with one attached hydrogen (secondary N) is 1. The number of furan rings is 1. The maximum absolute atomic E-state index is 6.04. The zero-order chi connectivity index (χ0) is 14.1. The minimum absolute atomic E-state index is 0.137. The number of aryl methyl sites for hydroxylation is 2. The second kappa shape index (κ2) is 5.43. The lowest BCUT2D eigenvalue weighted by molar-refractivity contribution is 0.478. The molecule has 0 aliphatic rings. The summed E-state index contributed by atoms with van der Waals surface area (Å²) in [6, 6.07) is 10.8. The lowest BCUT2D eigenvalue weighted by atomic mass is 10.1. The van der Waals surface area contributed by atoms with E-state index in [4.69, 9.17) is 4.42 Å².